The van der Waals surface area contributed by atoms with Crippen LogP contribution in [0.5, 0.6) is 0 Å². The maximum absolute atomic E-state index is 15.6. The van der Waals surface area contributed by atoms with Crippen LogP contribution in [-0.4, -0.2) is 29.5 Å². The highest BCUT2D eigenvalue weighted by Gasteiger charge is 2.43. The van der Waals surface area contributed by atoms with Crippen LogP contribution >= 0.6 is 0 Å². The van der Waals surface area contributed by atoms with Gasteiger partial charge >= 0.3 is 0 Å². The predicted molar refractivity (Wildman–Crippen MR) is 138 cm³/mol. The standard InChI is InChI=1S/C29H24BF10N/c1-5-41(6-2)17(16-10-8-7-9-11-16)14-30(13-12-15(3)4,18-20(31)24(35)28(39)25(36)21(18)32)19-22(33)26(37)29(40)27(38)23(19)34/h7-13H,3,5-6,14H2,1-2,4H3/b13-12+. The molecule has 0 heterocycles. The van der Waals surface area contributed by atoms with Crippen molar-refractivity contribution < 1.29 is 48.5 Å². The van der Waals surface area contributed by atoms with E-state index in [-0.39, 0.29) is 24.4 Å². The second kappa shape index (κ2) is 12.4. The first-order valence-corrected chi connectivity index (χ1v) is 12.5. The van der Waals surface area contributed by atoms with E-state index < -0.39 is 81.6 Å². The molecule has 0 bridgehead atoms. The van der Waals surface area contributed by atoms with Gasteiger partial charge in [0.15, 0.2) is 34.9 Å². The van der Waals surface area contributed by atoms with Crippen molar-refractivity contribution in [3.63, 3.8) is 0 Å². The zero-order chi connectivity index (χ0) is 30.8. The fraction of sp³-hybridized carbons (Fsp3) is 0.207. The van der Waals surface area contributed by atoms with Crippen molar-refractivity contribution in [1.82, 2.24) is 0 Å². The number of nitrogens with zero attached hydrogens (tertiary/aromatic N) is 1. The molecule has 218 valence electrons. The van der Waals surface area contributed by atoms with Crippen LogP contribution in [0.15, 0.2) is 54.5 Å². The molecular formula is C29H24BF10N. The van der Waals surface area contributed by atoms with E-state index in [9.17, 15) is 26.3 Å². The Hall–Kier alpha value is -3.83. The van der Waals surface area contributed by atoms with E-state index in [0.717, 1.165) is 6.08 Å². The molecule has 0 aromatic heterocycles. The number of benzene rings is 3. The molecule has 0 amide bonds. The van der Waals surface area contributed by atoms with Crippen molar-refractivity contribution >= 4 is 22.8 Å². The van der Waals surface area contributed by atoms with E-state index in [4.69, 9.17) is 0 Å². The van der Waals surface area contributed by atoms with Crippen LogP contribution in [0.25, 0.3) is 0 Å². The Bertz CT molecular complexity index is 1430. The summed E-state index contributed by atoms with van der Waals surface area (Å²) in [5.74, 6) is -24.2. The Morgan fingerprint density at radius 1 is 0.659 bits per heavy atom. The summed E-state index contributed by atoms with van der Waals surface area (Å²) in [4.78, 5) is 0. The summed E-state index contributed by atoms with van der Waals surface area (Å²) in [5.41, 5.74) is -3.03. The van der Waals surface area contributed by atoms with Crippen molar-refractivity contribution in [3.05, 3.63) is 118 Å². The van der Waals surface area contributed by atoms with Crippen LogP contribution in [-0.2, 0) is 0 Å². The van der Waals surface area contributed by atoms with E-state index in [2.05, 4.69) is 6.58 Å². The van der Waals surface area contributed by atoms with Crippen molar-refractivity contribution in [2.45, 2.75) is 27.1 Å². The zero-order valence-corrected chi connectivity index (χ0v) is 22.2. The fourth-order valence-corrected chi connectivity index (χ4v) is 5.06. The lowest BCUT2D eigenvalue weighted by atomic mass is 9.16. The van der Waals surface area contributed by atoms with Gasteiger partial charge in [0.2, 0.25) is 0 Å². The van der Waals surface area contributed by atoms with Gasteiger partial charge in [-0.2, -0.15) is 0 Å². The van der Waals surface area contributed by atoms with Gasteiger partial charge in [0.1, 0.15) is 48.2 Å². The third-order valence-electron chi connectivity index (χ3n) is 6.99. The number of hydrogen-bond donors (Lipinski definition) is 0. The van der Waals surface area contributed by atoms with Gasteiger partial charge in [-0.1, -0.05) is 36.7 Å². The summed E-state index contributed by atoms with van der Waals surface area (Å²) in [7, 11) is 0. The average Bonchev–Trinajstić information content (AvgIpc) is 2.96. The Kier molecular flexibility index (Phi) is 9.56. The third-order valence-corrected chi connectivity index (χ3v) is 6.99. The topological polar surface area (TPSA) is 3.01 Å². The van der Waals surface area contributed by atoms with Crippen LogP contribution < -0.4 is 10.9 Å². The van der Waals surface area contributed by atoms with Crippen LogP contribution in [0.1, 0.15) is 26.3 Å². The lowest BCUT2D eigenvalue weighted by molar-refractivity contribution is -0.520. The van der Waals surface area contributed by atoms with Crippen LogP contribution in [0.3, 0.4) is 0 Å². The molecule has 0 aliphatic carbocycles. The summed E-state index contributed by atoms with van der Waals surface area (Å²) >= 11 is 0. The number of hydrogen-bond acceptors (Lipinski definition) is 0. The van der Waals surface area contributed by atoms with Gasteiger partial charge in [-0.3, -0.25) is 0 Å². The highest BCUT2D eigenvalue weighted by atomic mass is 19.2. The van der Waals surface area contributed by atoms with E-state index in [1.807, 2.05) is 0 Å². The van der Waals surface area contributed by atoms with Gasteiger partial charge < -0.3 is 0 Å². The molecule has 0 unspecified atom stereocenters. The zero-order valence-electron chi connectivity index (χ0n) is 22.2. The van der Waals surface area contributed by atoms with Gasteiger partial charge in [0.05, 0.1) is 0 Å². The second-order valence-electron chi connectivity index (χ2n) is 9.48. The van der Waals surface area contributed by atoms with Gasteiger partial charge in [0, 0.05) is 5.56 Å². The molecule has 0 saturated carbocycles. The molecule has 0 radical (unpaired) electrons. The molecular weight excluding hydrogens is 563 g/mol. The molecule has 12 heteroatoms. The van der Waals surface area contributed by atoms with Crippen molar-refractivity contribution in [2.24, 2.45) is 0 Å². The molecule has 3 aromatic rings. The smallest absolute Gasteiger partial charge is 0.200 e. The molecule has 1 nitrogen and oxygen atoms in total. The van der Waals surface area contributed by atoms with Crippen LogP contribution in [0, 0.1) is 58.2 Å². The van der Waals surface area contributed by atoms with Gasteiger partial charge in [-0.05, 0) is 32.9 Å². The second-order valence-corrected chi connectivity index (χ2v) is 9.48. The normalized spacial score (nSPS) is 11.8. The summed E-state index contributed by atoms with van der Waals surface area (Å²) in [6.45, 7) is 8.57. The summed E-state index contributed by atoms with van der Waals surface area (Å²) < 4.78 is 151. The van der Waals surface area contributed by atoms with Gasteiger partial charge in [-0.15, -0.1) is 17.0 Å². The Morgan fingerprint density at radius 2 is 1.02 bits per heavy atom. The predicted octanol–water partition coefficient (Wildman–Crippen LogP) is 6.85. The molecule has 0 atom stereocenters. The van der Waals surface area contributed by atoms with E-state index in [1.165, 1.54) is 19.1 Å². The molecule has 41 heavy (non-hydrogen) atoms. The summed E-state index contributed by atoms with van der Waals surface area (Å²) in [5, 5.41) is 0. The maximum atomic E-state index is 15.6. The van der Waals surface area contributed by atoms with Gasteiger partial charge in [-0.25, -0.2) is 54.5 Å². The largest absolute Gasteiger partial charge is 0.236 e. The third kappa shape index (κ3) is 5.56. The van der Waals surface area contributed by atoms with E-state index in [0.29, 0.717) is 11.5 Å². The monoisotopic (exact) mass is 587 g/mol. The first-order chi connectivity index (χ1) is 19.2. The molecule has 3 aromatic carbocycles. The van der Waals surface area contributed by atoms with E-state index >= 15 is 17.6 Å². The number of rotatable bonds is 9. The highest BCUT2D eigenvalue weighted by Crippen LogP contribution is 2.29. The first kappa shape index (κ1) is 31.7. The van der Waals surface area contributed by atoms with Crippen LogP contribution in [0.4, 0.5) is 43.9 Å². The fourth-order valence-electron chi connectivity index (χ4n) is 5.06. The molecule has 0 N–H and O–H groups in total. The molecule has 0 saturated heterocycles. The minimum atomic E-state index is -4.19. The minimum absolute atomic E-state index is 0.0769. The number of allylic oxidation sites excluding steroid dienone is 2. The Morgan fingerprint density at radius 3 is 1.37 bits per heavy atom. The Labute approximate surface area is 230 Å². The first-order valence-electron chi connectivity index (χ1n) is 12.5. The molecule has 0 aliphatic rings. The quantitative estimate of drug-likeness (QED) is 0.0490. The molecule has 0 fully saturated rings. The SMILES string of the molecule is C=C(C)/C=C/[B-](CC(c1ccccc1)=[N+](CC)CC)(c1c(F)c(F)c(F)c(F)c1F)c1c(F)c(F)c(F)c(F)c1F. The van der Waals surface area contributed by atoms with Crippen LogP contribution in [0.2, 0.25) is 6.32 Å². The Balaban J connectivity index is 2.73. The summed E-state index contributed by atoms with van der Waals surface area (Å²) in [6.07, 6.45) is -4.17. The van der Waals surface area contributed by atoms with Gasteiger partial charge in [0.25, 0.3) is 0 Å². The lowest BCUT2D eigenvalue weighted by Crippen LogP contribution is -2.64. The lowest BCUT2D eigenvalue weighted by Gasteiger charge is -2.40. The van der Waals surface area contributed by atoms with Crippen molar-refractivity contribution in [3.8, 4) is 0 Å². The molecule has 3 rings (SSSR count). The molecule has 0 aliphatic heterocycles. The molecule has 0 spiro atoms. The average molecular weight is 587 g/mol. The minimum Gasteiger partial charge on any atom is -0.236 e. The van der Waals surface area contributed by atoms with E-state index in [1.54, 1.807) is 36.6 Å². The van der Waals surface area contributed by atoms with Crippen molar-refractivity contribution in [1.29, 1.82) is 0 Å². The van der Waals surface area contributed by atoms with Crippen molar-refractivity contribution in [2.75, 3.05) is 13.1 Å². The summed E-state index contributed by atoms with van der Waals surface area (Å²) in [6, 6.07) is 7.72. The number of halogens is 10. The highest BCUT2D eigenvalue weighted by molar-refractivity contribution is 7.07. The maximum Gasteiger partial charge on any atom is 0.200 e.